The Labute approximate surface area is 98.2 Å². The average Bonchev–Trinajstić information content (AvgIpc) is 2.28. The minimum atomic E-state index is -0.494. The zero-order valence-electron chi connectivity index (χ0n) is 9.84. The van der Waals surface area contributed by atoms with E-state index in [-0.39, 0.29) is 12.2 Å². The van der Waals surface area contributed by atoms with Gasteiger partial charge in [0.05, 0.1) is 12.0 Å². The third-order valence-corrected chi connectivity index (χ3v) is 2.22. The highest BCUT2D eigenvalue weighted by Crippen LogP contribution is 2.19. The van der Waals surface area contributed by atoms with Crippen LogP contribution in [0.25, 0.3) is 0 Å². The van der Waals surface area contributed by atoms with Crippen LogP contribution in [0.5, 0.6) is 0 Å². The number of hydrogen-bond acceptors (Lipinski definition) is 6. The van der Waals surface area contributed by atoms with E-state index in [4.69, 9.17) is 0 Å². The van der Waals surface area contributed by atoms with Gasteiger partial charge in [0, 0.05) is 13.1 Å². The van der Waals surface area contributed by atoms with Gasteiger partial charge in [0.25, 0.3) is 5.69 Å². The monoisotopic (exact) mass is 239 g/mol. The van der Waals surface area contributed by atoms with Crippen LogP contribution in [0, 0.1) is 17.0 Å². The number of hydrogen-bond donors (Lipinski definition) is 0. The zero-order valence-corrected chi connectivity index (χ0v) is 9.84. The van der Waals surface area contributed by atoms with E-state index in [0.29, 0.717) is 11.5 Å². The lowest BCUT2D eigenvalue weighted by molar-refractivity contribution is -0.385. The first kappa shape index (κ1) is 12.9. The molecule has 1 rings (SSSR count). The summed E-state index contributed by atoms with van der Waals surface area (Å²) < 4.78 is 4.52. The molecule has 1 aromatic rings. The number of nitro groups is 1. The Bertz CT molecular complexity index is 447. The van der Waals surface area contributed by atoms with Gasteiger partial charge in [-0.3, -0.25) is 14.9 Å². The van der Waals surface area contributed by atoms with Crippen LogP contribution < -0.4 is 4.90 Å². The molecule has 0 N–H and O–H groups in total. The van der Waals surface area contributed by atoms with Crippen LogP contribution in [0.1, 0.15) is 5.69 Å². The quantitative estimate of drug-likeness (QED) is 0.441. The fourth-order valence-electron chi connectivity index (χ4n) is 1.29. The predicted molar refractivity (Wildman–Crippen MR) is 60.9 cm³/mol. The molecule has 0 aliphatic rings. The van der Waals surface area contributed by atoms with Crippen molar-refractivity contribution in [2.45, 2.75) is 6.92 Å². The molecule has 0 spiro atoms. The van der Waals surface area contributed by atoms with E-state index >= 15 is 0 Å². The van der Waals surface area contributed by atoms with Gasteiger partial charge >= 0.3 is 5.97 Å². The van der Waals surface area contributed by atoms with Crippen molar-refractivity contribution in [1.29, 1.82) is 0 Å². The second-order valence-corrected chi connectivity index (χ2v) is 3.46. The number of carbonyl (C=O) groups is 1. The number of aromatic nitrogens is 1. The van der Waals surface area contributed by atoms with Crippen molar-refractivity contribution >= 4 is 17.5 Å². The van der Waals surface area contributed by atoms with E-state index < -0.39 is 10.9 Å². The Morgan fingerprint density at radius 2 is 2.24 bits per heavy atom. The second-order valence-electron chi connectivity index (χ2n) is 3.46. The Hall–Kier alpha value is -2.18. The zero-order chi connectivity index (χ0) is 13.0. The molecule has 1 aromatic heterocycles. The molecular formula is C10H13N3O4. The molecule has 7 heteroatoms. The van der Waals surface area contributed by atoms with E-state index in [0.717, 1.165) is 0 Å². The third kappa shape index (κ3) is 3.13. The fourth-order valence-corrected chi connectivity index (χ4v) is 1.29. The maximum absolute atomic E-state index is 11.1. The van der Waals surface area contributed by atoms with Crippen LogP contribution in [0.2, 0.25) is 0 Å². The summed E-state index contributed by atoms with van der Waals surface area (Å²) in [6.07, 6.45) is 0. The lowest BCUT2D eigenvalue weighted by atomic mass is 10.3. The smallest absolute Gasteiger partial charge is 0.325 e. The van der Waals surface area contributed by atoms with Gasteiger partial charge in [-0.1, -0.05) is 0 Å². The number of pyridine rings is 1. The van der Waals surface area contributed by atoms with E-state index in [1.165, 1.54) is 19.2 Å². The lowest BCUT2D eigenvalue weighted by Crippen LogP contribution is -2.27. The van der Waals surface area contributed by atoms with Gasteiger partial charge in [0.1, 0.15) is 18.1 Å². The summed E-state index contributed by atoms with van der Waals surface area (Å²) in [4.78, 5) is 26.8. The van der Waals surface area contributed by atoms with E-state index in [1.807, 2.05) is 0 Å². The number of likely N-dealkylation sites (N-methyl/N-ethyl adjacent to an activating group) is 1. The van der Waals surface area contributed by atoms with Crippen molar-refractivity contribution in [2.75, 3.05) is 25.6 Å². The summed E-state index contributed by atoms with van der Waals surface area (Å²) in [5, 5.41) is 10.6. The largest absolute Gasteiger partial charge is 0.468 e. The number of esters is 1. The number of nitrogens with zero attached hydrogens (tertiary/aromatic N) is 3. The Morgan fingerprint density at radius 1 is 1.59 bits per heavy atom. The minimum Gasteiger partial charge on any atom is -0.468 e. The first-order chi connectivity index (χ1) is 7.95. The van der Waals surface area contributed by atoms with Gasteiger partial charge in [0.15, 0.2) is 0 Å². The number of ether oxygens (including phenoxy) is 1. The average molecular weight is 239 g/mol. The van der Waals surface area contributed by atoms with Crippen LogP contribution in [-0.4, -0.2) is 36.6 Å². The second kappa shape index (κ2) is 5.24. The molecule has 0 radical (unpaired) electrons. The molecule has 17 heavy (non-hydrogen) atoms. The Morgan fingerprint density at radius 3 is 2.71 bits per heavy atom. The fraction of sp³-hybridized carbons (Fsp3) is 0.400. The van der Waals surface area contributed by atoms with Crippen molar-refractivity contribution in [3.05, 3.63) is 27.9 Å². The summed E-state index contributed by atoms with van der Waals surface area (Å²) in [5.41, 5.74) is 0.268. The number of methoxy groups -OCH3 is 1. The lowest BCUT2D eigenvalue weighted by Gasteiger charge is -2.16. The number of anilines is 1. The van der Waals surface area contributed by atoms with Crippen LogP contribution in [0.4, 0.5) is 11.5 Å². The molecule has 0 amide bonds. The van der Waals surface area contributed by atoms with E-state index in [2.05, 4.69) is 9.72 Å². The van der Waals surface area contributed by atoms with Crippen LogP contribution in [0.3, 0.4) is 0 Å². The standard InChI is InChI=1S/C10H13N3O4/c1-7-8(13(15)16)4-5-9(11-7)12(2)6-10(14)17-3/h4-5H,6H2,1-3H3. The van der Waals surface area contributed by atoms with Gasteiger partial charge < -0.3 is 9.64 Å². The highest BCUT2D eigenvalue weighted by molar-refractivity contribution is 5.75. The van der Waals surface area contributed by atoms with E-state index in [1.54, 1.807) is 18.9 Å². The molecule has 0 bridgehead atoms. The molecule has 1 heterocycles. The minimum absolute atomic E-state index is 0.0415. The molecule has 0 unspecified atom stereocenters. The maximum Gasteiger partial charge on any atom is 0.325 e. The van der Waals surface area contributed by atoms with Gasteiger partial charge in [-0.05, 0) is 13.0 Å². The molecule has 0 fully saturated rings. The van der Waals surface area contributed by atoms with Crippen molar-refractivity contribution in [3.8, 4) is 0 Å². The highest BCUT2D eigenvalue weighted by atomic mass is 16.6. The first-order valence-electron chi connectivity index (χ1n) is 4.85. The Balaban J connectivity index is 2.89. The van der Waals surface area contributed by atoms with E-state index in [9.17, 15) is 14.9 Å². The van der Waals surface area contributed by atoms with Gasteiger partial charge in [-0.2, -0.15) is 0 Å². The first-order valence-corrected chi connectivity index (χ1v) is 4.85. The van der Waals surface area contributed by atoms with Crippen molar-refractivity contribution < 1.29 is 14.5 Å². The number of aryl methyl sites for hydroxylation is 1. The summed E-state index contributed by atoms with van der Waals surface area (Å²) >= 11 is 0. The molecule has 0 aliphatic heterocycles. The molecule has 0 atom stereocenters. The van der Waals surface area contributed by atoms with Crippen LogP contribution >= 0.6 is 0 Å². The molecule has 7 nitrogen and oxygen atoms in total. The van der Waals surface area contributed by atoms with Crippen LogP contribution in [-0.2, 0) is 9.53 Å². The summed E-state index contributed by atoms with van der Waals surface area (Å²) in [6.45, 7) is 1.59. The SMILES string of the molecule is COC(=O)CN(C)c1ccc([N+](=O)[O-])c(C)n1. The highest BCUT2D eigenvalue weighted by Gasteiger charge is 2.14. The summed E-state index contributed by atoms with van der Waals surface area (Å²) in [5.74, 6) is 0.0869. The molecule has 0 aliphatic carbocycles. The van der Waals surface area contributed by atoms with Gasteiger partial charge in [-0.25, -0.2) is 4.98 Å². The molecule has 92 valence electrons. The third-order valence-electron chi connectivity index (χ3n) is 2.22. The van der Waals surface area contributed by atoms with Crippen molar-refractivity contribution in [1.82, 2.24) is 4.98 Å². The van der Waals surface area contributed by atoms with Gasteiger partial charge in [-0.15, -0.1) is 0 Å². The molecular weight excluding hydrogens is 226 g/mol. The summed E-state index contributed by atoms with van der Waals surface area (Å²) in [7, 11) is 2.95. The topological polar surface area (TPSA) is 85.6 Å². The van der Waals surface area contributed by atoms with Gasteiger partial charge in [0.2, 0.25) is 0 Å². The normalized spacial score (nSPS) is 9.82. The molecule has 0 saturated carbocycles. The maximum atomic E-state index is 11.1. The summed E-state index contributed by atoms with van der Waals surface area (Å²) in [6, 6.07) is 2.86. The number of rotatable bonds is 4. The number of carbonyl (C=O) groups excluding carboxylic acids is 1. The Kier molecular flexibility index (Phi) is 3.97. The molecule has 0 aromatic carbocycles. The predicted octanol–water partition coefficient (Wildman–Crippen LogP) is 0.907. The molecule has 0 saturated heterocycles. The van der Waals surface area contributed by atoms with Crippen LogP contribution in [0.15, 0.2) is 12.1 Å². The van der Waals surface area contributed by atoms with Crippen molar-refractivity contribution in [2.24, 2.45) is 0 Å². The van der Waals surface area contributed by atoms with Crippen molar-refractivity contribution in [3.63, 3.8) is 0 Å².